The summed E-state index contributed by atoms with van der Waals surface area (Å²) in [6.07, 6.45) is 6.52. The lowest BCUT2D eigenvalue weighted by Gasteiger charge is -2.28. The summed E-state index contributed by atoms with van der Waals surface area (Å²) in [5.74, 6) is -0.126. The second-order valence-corrected chi connectivity index (χ2v) is 6.60. The highest BCUT2D eigenvalue weighted by Crippen LogP contribution is 2.27. The average Bonchev–Trinajstić information content (AvgIpc) is 2.38. The van der Waals surface area contributed by atoms with Gasteiger partial charge < -0.3 is 5.32 Å². The van der Waals surface area contributed by atoms with Crippen molar-refractivity contribution >= 4 is 40.9 Å². The van der Waals surface area contributed by atoms with E-state index in [0.717, 1.165) is 30.9 Å². The van der Waals surface area contributed by atoms with E-state index in [1.54, 1.807) is 0 Å². The van der Waals surface area contributed by atoms with E-state index < -0.39 is 0 Å². The highest BCUT2D eigenvalue weighted by Gasteiger charge is 2.22. The topological polar surface area (TPSA) is 42.0 Å². The van der Waals surface area contributed by atoms with E-state index >= 15 is 0 Å². The lowest BCUT2D eigenvalue weighted by molar-refractivity contribution is 0.0928. The van der Waals surface area contributed by atoms with E-state index in [0.29, 0.717) is 5.56 Å². The van der Waals surface area contributed by atoms with E-state index in [9.17, 15) is 4.79 Å². The first-order chi connectivity index (χ1) is 9.08. The Morgan fingerprint density at radius 2 is 1.84 bits per heavy atom. The number of nitrogens with one attached hydrogen (secondary N) is 1. The van der Waals surface area contributed by atoms with Crippen LogP contribution in [0.4, 0.5) is 0 Å². The Morgan fingerprint density at radius 3 is 2.37 bits per heavy atom. The van der Waals surface area contributed by atoms with Crippen molar-refractivity contribution in [2.75, 3.05) is 6.26 Å². The minimum absolute atomic E-state index is 0.126. The Kier molecular flexibility index (Phi) is 5.37. The number of nitrogens with zero attached hydrogens (tertiary/aromatic N) is 1. The van der Waals surface area contributed by atoms with Crippen LogP contribution in [0.2, 0.25) is 10.3 Å². The Morgan fingerprint density at radius 1 is 1.26 bits per heavy atom. The molecule has 0 aromatic carbocycles. The van der Waals surface area contributed by atoms with Crippen LogP contribution in [0.1, 0.15) is 36.0 Å². The summed E-state index contributed by atoms with van der Waals surface area (Å²) >= 11 is 13.5. The van der Waals surface area contributed by atoms with Gasteiger partial charge in [-0.2, -0.15) is 11.8 Å². The van der Waals surface area contributed by atoms with Crippen molar-refractivity contribution in [2.45, 2.75) is 37.0 Å². The molecule has 1 fully saturated rings. The lowest BCUT2D eigenvalue weighted by atomic mass is 9.95. The molecule has 6 heteroatoms. The van der Waals surface area contributed by atoms with Gasteiger partial charge in [0.2, 0.25) is 0 Å². The molecule has 1 aromatic rings. The molecule has 104 valence electrons. The quantitative estimate of drug-likeness (QED) is 0.862. The molecule has 0 bridgehead atoms. The zero-order valence-corrected chi connectivity index (χ0v) is 13.0. The summed E-state index contributed by atoms with van der Waals surface area (Å²) in [4.78, 5) is 15.9. The number of hydrogen-bond donors (Lipinski definition) is 1. The second kappa shape index (κ2) is 6.82. The van der Waals surface area contributed by atoms with Crippen LogP contribution in [0.25, 0.3) is 0 Å². The lowest BCUT2D eigenvalue weighted by Crippen LogP contribution is -2.38. The summed E-state index contributed by atoms with van der Waals surface area (Å²) in [6.45, 7) is 0. The molecule has 1 saturated carbocycles. The molecule has 3 nitrogen and oxygen atoms in total. The van der Waals surface area contributed by atoms with Crippen LogP contribution in [0.5, 0.6) is 0 Å². The Labute approximate surface area is 127 Å². The van der Waals surface area contributed by atoms with Crippen molar-refractivity contribution < 1.29 is 4.79 Å². The van der Waals surface area contributed by atoms with Crippen LogP contribution in [-0.4, -0.2) is 28.4 Å². The maximum atomic E-state index is 12.1. The van der Waals surface area contributed by atoms with Gasteiger partial charge in [-0.3, -0.25) is 4.79 Å². The largest absolute Gasteiger partial charge is 0.349 e. The smallest absolute Gasteiger partial charge is 0.251 e. The molecule has 2 rings (SSSR count). The highest BCUT2D eigenvalue weighted by atomic mass is 35.5. The zero-order chi connectivity index (χ0) is 13.8. The van der Waals surface area contributed by atoms with Crippen molar-refractivity contribution in [2.24, 2.45) is 0 Å². The molecule has 0 saturated heterocycles. The van der Waals surface area contributed by atoms with Crippen LogP contribution in [0.15, 0.2) is 12.1 Å². The van der Waals surface area contributed by atoms with Crippen LogP contribution in [-0.2, 0) is 0 Å². The van der Waals surface area contributed by atoms with E-state index in [2.05, 4.69) is 16.6 Å². The molecule has 1 heterocycles. The van der Waals surface area contributed by atoms with Gasteiger partial charge >= 0.3 is 0 Å². The Bertz CT molecular complexity index is 442. The first-order valence-electron chi connectivity index (χ1n) is 6.25. The van der Waals surface area contributed by atoms with Crippen LogP contribution in [0.3, 0.4) is 0 Å². The van der Waals surface area contributed by atoms with Gasteiger partial charge in [0.05, 0.1) is 0 Å². The summed E-state index contributed by atoms with van der Waals surface area (Å²) in [5, 5.41) is 4.25. The van der Waals surface area contributed by atoms with Gasteiger partial charge in [0.1, 0.15) is 10.3 Å². The molecule has 1 aliphatic rings. The molecule has 1 aliphatic carbocycles. The Balaban J connectivity index is 1.94. The number of halogens is 2. The van der Waals surface area contributed by atoms with Crippen molar-refractivity contribution in [3.63, 3.8) is 0 Å². The van der Waals surface area contributed by atoms with E-state index in [1.165, 1.54) is 12.1 Å². The number of amides is 1. The molecule has 0 radical (unpaired) electrons. The summed E-state index contributed by atoms with van der Waals surface area (Å²) in [5.41, 5.74) is 0.469. The molecule has 0 aliphatic heterocycles. The third-order valence-corrected chi connectivity index (χ3v) is 4.89. The predicted molar refractivity (Wildman–Crippen MR) is 81.3 cm³/mol. The fraction of sp³-hybridized carbons (Fsp3) is 0.538. The number of pyridine rings is 1. The van der Waals surface area contributed by atoms with E-state index in [-0.39, 0.29) is 22.3 Å². The second-order valence-electron chi connectivity index (χ2n) is 4.68. The number of thioether (sulfide) groups is 1. The average molecular weight is 319 g/mol. The number of aromatic nitrogens is 1. The molecule has 0 unspecified atom stereocenters. The maximum Gasteiger partial charge on any atom is 0.251 e. The number of rotatable bonds is 3. The predicted octanol–water partition coefficient (Wildman–Crippen LogP) is 3.79. The third-order valence-electron chi connectivity index (χ3n) is 3.37. The van der Waals surface area contributed by atoms with Gasteiger partial charge in [-0.05, 0) is 44.1 Å². The summed E-state index contributed by atoms with van der Waals surface area (Å²) < 4.78 is 0. The first-order valence-corrected chi connectivity index (χ1v) is 8.29. The fourth-order valence-corrected chi connectivity index (χ4v) is 3.51. The minimum atomic E-state index is -0.126. The van der Waals surface area contributed by atoms with Crippen molar-refractivity contribution in [3.8, 4) is 0 Å². The van der Waals surface area contributed by atoms with Crippen LogP contribution in [0, 0.1) is 0 Å². The van der Waals surface area contributed by atoms with Gasteiger partial charge in [0.15, 0.2) is 0 Å². The van der Waals surface area contributed by atoms with Crippen molar-refractivity contribution in [1.29, 1.82) is 0 Å². The third kappa shape index (κ3) is 4.26. The highest BCUT2D eigenvalue weighted by molar-refractivity contribution is 7.99. The summed E-state index contributed by atoms with van der Waals surface area (Å²) in [7, 11) is 0. The number of carbonyl (C=O) groups is 1. The maximum absolute atomic E-state index is 12.1. The van der Waals surface area contributed by atoms with Gasteiger partial charge in [-0.1, -0.05) is 23.2 Å². The zero-order valence-electron chi connectivity index (χ0n) is 10.7. The van der Waals surface area contributed by atoms with Crippen LogP contribution >= 0.6 is 35.0 Å². The van der Waals surface area contributed by atoms with Gasteiger partial charge in [0, 0.05) is 16.9 Å². The van der Waals surface area contributed by atoms with Gasteiger partial charge in [0.25, 0.3) is 5.91 Å². The number of carbonyl (C=O) groups excluding carboxylic acids is 1. The van der Waals surface area contributed by atoms with Crippen LogP contribution < -0.4 is 5.32 Å². The van der Waals surface area contributed by atoms with Gasteiger partial charge in [-0.25, -0.2) is 4.98 Å². The number of hydrogen-bond acceptors (Lipinski definition) is 3. The molecule has 1 aromatic heterocycles. The first kappa shape index (κ1) is 14.9. The standard InChI is InChI=1S/C13H16Cl2N2OS/c1-19-10-4-2-9(3-5-10)16-13(18)8-6-11(14)17-12(15)7-8/h6-7,9-10H,2-5H2,1H3,(H,16,18). The van der Waals surface area contributed by atoms with Gasteiger partial charge in [-0.15, -0.1) is 0 Å². The molecule has 0 atom stereocenters. The Hall–Kier alpha value is -0.450. The molecule has 1 N–H and O–H groups in total. The van der Waals surface area contributed by atoms with Crippen molar-refractivity contribution in [3.05, 3.63) is 28.0 Å². The monoisotopic (exact) mass is 318 g/mol. The van der Waals surface area contributed by atoms with E-state index in [1.807, 2.05) is 11.8 Å². The van der Waals surface area contributed by atoms with E-state index in [4.69, 9.17) is 23.2 Å². The fourth-order valence-electron chi connectivity index (χ4n) is 2.31. The van der Waals surface area contributed by atoms with Crippen molar-refractivity contribution in [1.82, 2.24) is 10.3 Å². The normalized spacial score (nSPS) is 23.1. The SMILES string of the molecule is CSC1CCC(NC(=O)c2cc(Cl)nc(Cl)c2)CC1. The molecule has 19 heavy (non-hydrogen) atoms. The summed E-state index contributed by atoms with van der Waals surface area (Å²) in [6, 6.07) is 3.33. The minimum Gasteiger partial charge on any atom is -0.349 e. The molecule has 0 spiro atoms. The molecular weight excluding hydrogens is 303 g/mol. The molecular formula is C13H16Cl2N2OS. The molecule has 1 amide bonds.